The van der Waals surface area contributed by atoms with Crippen molar-refractivity contribution in [2.75, 3.05) is 24.5 Å². The standard InChI is InChI=1S/C16H26N4OS.2ClH/c17-16(7-2-1-3-8-16)14(21)18-9-6-13-12-22-15(19-13)20-10-4-5-11-20;;/h12H,1-11,17H2,(H,18,21);2*1H. The molecule has 1 aromatic rings. The van der Waals surface area contributed by atoms with Crippen LogP contribution in [0.25, 0.3) is 0 Å². The quantitative estimate of drug-likeness (QED) is 0.804. The van der Waals surface area contributed by atoms with E-state index in [1.54, 1.807) is 11.3 Å². The zero-order chi connectivity index (χ0) is 15.4. The van der Waals surface area contributed by atoms with E-state index in [4.69, 9.17) is 5.73 Å². The molecule has 2 aliphatic rings. The van der Waals surface area contributed by atoms with E-state index in [9.17, 15) is 4.79 Å². The molecule has 2 heterocycles. The summed E-state index contributed by atoms with van der Waals surface area (Å²) in [4.78, 5) is 19.3. The molecule has 1 aromatic heterocycles. The highest BCUT2D eigenvalue weighted by Gasteiger charge is 2.34. The molecule has 0 bridgehead atoms. The summed E-state index contributed by atoms with van der Waals surface area (Å²) in [6.45, 7) is 2.87. The fraction of sp³-hybridized carbons (Fsp3) is 0.750. The molecule has 24 heavy (non-hydrogen) atoms. The van der Waals surface area contributed by atoms with Gasteiger partial charge in [0.2, 0.25) is 5.91 Å². The molecule has 2 fully saturated rings. The first-order chi connectivity index (χ1) is 10.7. The minimum Gasteiger partial charge on any atom is -0.354 e. The molecular formula is C16H28Cl2N4OS. The maximum atomic E-state index is 12.3. The summed E-state index contributed by atoms with van der Waals surface area (Å²) < 4.78 is 0. The van der Waals surface area contributed by atoms with Crippen LogP contribution in [0.4, 0.5) is 5.13 Å². The molecular weight excluding hydrogens is 367 g/mol. The zero-order valence-corrected chi connectivity index (χ0v) is 16.4. The molecule has 0 radical (unpaired) electrons. The molecule has 8 heteroatoms. The van der Waals surface area contributed by atoms with Crippen molar-refractivity contribution in [2.24, 2.45) is 5.73 Å². The highest BCUT2D eigenvalue weighted by Crippen LogP contribution is 2.26. The second-order valence-electron chi connectivity index (χ2n) is 6.54. The topological polar surface area (TPSA) is 71.2 Å². The molecule has 1 amide bonds. The van der Waals surface area contributed by atoms with Crippen LogP contribution < -0.4 is 16.0 Å². The lowest BCUT2D eigenvalue weighted by molar-refractivity contribution is -0.127. The molecule has 0 atom stereocenters. The summed E-state index contributed by atoms with van der Waals surface area (Å²) >= 11 is 1.71. The van der Waals surface area contributed by atoms with Gasteiger partial charge in [0.25, 0.3) is 0 Å². The predicted molar refractivity (Wildman–Crippen MR) is 105 cm³/mol. The molecule has 138 valence electrons. The number of hydrogen-bond donors (Lipinski definition) is 2. The van der Waals surface area contributed by atoms with Gasteiger partial charge in [-0.15, -0.1) is 36.2 Å². The molecule has 0 aromatic carbocycles. The maximum absolute atomic E-state index is 12.3. The van der Waals surface area contributed by atoms with Crippen LogP contribution in [0, 0.1) is 0 Å². The van der Waals surface area contributed by atoms with Gasteiger partial charge >= 0.3 is 0 Å². The van der Waals surface area contributed by atoms with Gasteiger partial charge in [0.15, 0.2) is 5.13 Å². The Kier molecular flexibility index (Phi) is 8.77. The van der Waals surface area contributed by atoms with Crippen molar-refractivity contribution in [1.82, 2.24) is 10.3 Å². The number of hydrogen-bond acceptors (Lipinski definition) is 5. The van der Waals surface area contributed by atoms with Gasteiger partial charge < -0.3 is 16.0 Å². The Morgan fingerprint density at radius 1 is 1.21 bits per heavy atom. The zero-order valence-electron chi connectivity index (χ0n) is 14.0. The number of carbonyl (C=O) groups excluding carboxylic acids is 1. The maximum Gasteiger partial charge on any atom is 0.240 e. The molecule has 3 rings (SSSR count). The van der Waals surface area contributed by atoms with Crippen molar-refractivity contribution < 1.29 is 4.79 Å². The van der Waals surface area contributed by atoms with E-state index in [1.807, 2.05) is 0 Å². The predicted octanol–water partition coefficient (Wildman–Crippen LogP) is 2.91. The smallest absolute Gasteiger partial charge is 0.240 e. The van der Waals surface area contributed by atoms with Gasteiger partial charge in [0.1, 0.15) is 0 Å². The lowest BCUT2D eigenvalue weighted by atomic mass is 9.82. The first kappa shape index (κ1) is 21.5. The minimum absolute atomic E-state index is 0. The fourth-order valence-corrected chi connectivity index (χ4v) is 4.27. The number of halogens is 2. The lowest BCUT2D eigenvalue weighted by Gasteiger charge is -2.31. The SMILES string of the molecule is Cl.Cl.NC1(C(=O)NCCc2csc(N3CCCC3)n2)CCCCC1. The third kappa shape index (κ3) is 5.22. The van der Waals surface area contributed by atoms with Gasteiger partial charge in [-0.3, -0.25) is 4.79 Å². The number of thiazole rings is 1. The number of amides is 1. The molecule has 1 saturated heterocycles. The Balaban J connectivity index is 0.00000144. The number of rotatable bonds is 5. The monoisotopic (exact) mass is 394 g/mol. The van der Waals surface area contributed by atoms with E-state index in [0.29, 0.717) is 6.54 Å². The third-order valence-corrected chi connectivity index (χ3v) is 5.73. The molecule has 3 N–H and O–H groups in total. The Morgan fingerprint density at radius 3 is 2.54 bits per heavy atom. The van der Waals surface area contributed by atoms with Crippen LogP contribution in [0.3, 0.4) is 0 Å². The summed E-state index contributed by atoms with van der Waals surface area (Å²) in [5.74, 6) is 0.0159. The number of aromatic nitrogens is 1. The van der Waals surface area contributed by atoms with Crippen LogP contribution in [0.5, 0.6) is 0 Å². The average molecular weight is 395 g/mol. The van der Waals surface area contributed by atoms with Gasteiger partial charge in [0.05, 0.1) is 11.2 Å². The van der Waals surface area contributed by atoms with E-state index in [-0.39, 0.29) is 30.7 Å². The fourth-order valence-electron chi connectivity index (χ4n) is 3.35. The van der Waals surface area contributed by atoms with Crippen molar-refractivity contribution >= 4 is 47.2 Å². The average Bonchev–Trinajstić information content (AvgIpc) is 3.19. The number of anilines is 1. The van der Waals surface area contributed by atoms with Crippen LogP contribution in [0.2, 0.25) is 0 Å². The molecule has 5 nitrogen and oxygen atoms in total. The second kappa shape index (κ2) is 9.80. The van der Waals surface area contributed by atoms with Crippen LogP contribution in [-0.4, -0.2) is 36.1 Å². The second-order valence-corrected chi connectivity index (χ2v) is 7.37. The Morgan fingerprint density at radius 2 is 1.88 bits per heavy atom. The van der Waals surface area contributed by atoms with Crippen molar-refractivity contribution in [3.63, 3.8) is 0 Å². The van der Waals surface area contributed by atoms with Gasteiger partial charge in [-0.1, -0.05) is 19.3 Å². The summed E-state index contributed by atoms with van der Waals surface area (Å²) in [7, 11) is 0. The van der Waals surface area contributed by atoms with Gasteiger partial charge in [-0.2, -0.15) is 0 Å². The summed E-state index contributed by atoms with van der Waals surface area (Å²) in [5.41, 5.74) is 6.67. The summed E-state index contributed by atoms with van der Waals surface area (Å²) in [6, 6.07) is 0. The summed E-state index contributed by atoms with van der Waals surface area (Å²) in [5, 5.41) is 6.24. The first-order valence-electron chi connectivity index (χ1n) is 8.44. The van der Waals surface area contributed by atoms with E-state index in [0.717, 1.165) is 56.0 Å². The normalized spacial score (nSPS) is 19.3. The van der Waals surface area contributed by atoms with Crippen molar-refractivity contribution in [2.45, 2.75) is 56.9 Å². The van der Waals surface area contributed by atoms with Crippen molar-refractivity contribution in [1.29, 1.82) is 0 Å². The molecule has 0 unspecified atom stereocenters. The van der Waals surface area contributed by atoms with E-state index in [1.165, 1.54) is 19.3 Å². The van der Waals surface area contributed by atoms with Gasteiger partial charge in [0, 0.05) is 31.4 Å². The number of nitrogens with two attached hydrogens (primary N) is 1. The van der Waals surface area contributed by atoms with E-state index < -0.39 is 5.54 Å². The van der Waals surface area contributed by atoms with E-state index >= 15 is 0 Å². The Hall–Kier alpha value is -0.560. The van der Waals surface area contributed by atoms with Crippen LogP contribution >= 0.6 is 36.2 Å². The Bertz CT molecular complexity index is 514. The minimum atomic E-state index is -0.638. The van der Waals surface area contributed by atoms with Gasteiger partial charge in [-0.05, 0) is 25.7 Å². The summed E-state index contributed by atoms with van der Waals surface area (Å²) in [6.07, 6.45) is 8.28. The molecule has 1 aliphatic carbocycles. The van der Waals surface area contributed by atoms with Crippen LogP contribution in [0.15, 0.2) is 5.38 Å². The molecule has 1 saturated carbocycles. The molecule has 0 spiro atoms. The third-order valence-electron chi connectivity index (χ3n) is 4.78. The number of carbonyl (C=O) groups is 1. The number of nitrogens with one attached hydrogen (secondary N) is 1. The molecule has 1 aliphatic heterocycles. The van der Waals surface area contributed by atoms with Crippen LogP contribution in [0.1, 0.15) is 50.6 Å². The van der Waals surface area contributed by atoms with Crippen molar-refractivity contribution in [3.05, 3.63) is 11.1 Å². The van der Waals surface area contributed by atoms with Crippen LogP contribution in [-0.2, 0) is 11.2 Å². The van der Waals surface area contributed by atoms with E-state index in [2.05, 4.69) is 20.6 Å². The van der Waals surface area contributed by atoms with Crippen molar-refractivity contribution in [3.8, 4) is 0 Å². The highest BCUT2D eigenvalue weighted by atomic mass is 35.5. The lowest BCUT2D eigenvalue weighted by Crippen LogP contribution is -2.55. The largest absolute Gasteiger partial charge is 0.354 e. The van der Waals surface area contributed by atoms with Gasteiger partial charge in [-0.25, -0.2) is 4.98 Å². The highest BCUT2D eigenvalue weighted by molar-refractivity contribution is 7.13. The number of nitrogens with zero attached hydrogens (tertiary/aromatic N) is 2. The Labute approximate surface area is 160 Å². The first-order valence-corrected chi connectivity index (χ1v) is 9.32.